The number of carbonyl (C=O) groups is 1. The van der Waals surface area contributed by atoms with Crippen molar-refractivity contribution in [1.82, 2.24) is 10.2 Å². The molecule has 5 nitrogen and oxygen atoms in total. The largest absolute Gasteiger partial charge is 0.493 e. The summed E-state index contributed by atoms with van der Waals surface area (Å²) in [5.74, 6) is 1.53. The second-order valence-corrected chi connectivity index (χ2v) is 4.85. The molecule has 1 aromatic carbocycles. The summed E-state index contributed by atoms with van der Waals surface area (Å²) in [4.78, 5) is 13.6. The van der Waals surface area contributed by atoms with Gasteiger partial charge in [-0.2, -0.15) is 0 Å². The third kappa shape index (κ3) is 2.66. The number of carbonyl (C=O) groups excluding carboxylic acids is 1. The summed E-state index contributed by atoms with van der Waals surface area (Å²) in [7, 11) is 6.79. The third-order valence-corrected chi connectivity index (χ3v) is 3.41. The second kappa shape index (κ2) is 5.48. The highest BCUT2D eigenvalue weighted by molar-refractivity contribution is 5.82. The molecule has 0 bridgehead atoms. The lowest BCUT2D eigenvalue weighted by molar-refractivity contribution is -0.131. The van der Waals surface area contributed by atoms with Gasteiger partial charge in [-0.05, 0) is 29.7 Å². The molecule has 104 valence electrons. The van der Waals surface area contributed by atoms with Gasteiger partial charge in [0, 0.05) is 20.6 Å². The van der Waals surface area contributed by atoms with Gasteiger partial charge < -0.3 is 19.7 Å². The summed E-state index contributed by atoms with van der Waals surface area (Å²) in [5.41, 5.74) is 2.29. The van der Waals surface area contributed by atoms with E-state index >= 15 is 0 Å². The van der Waals surface area contributed by atoms with Gasteiger partial charge in [0.05, 0.1) is 20.3 Å². The molecule has 0 aliphatic carbocycles. The summed E-state index contributed by atoms with van der Waals surface area (Å²) in [6, 6.07) is 3.77. The van der Waals surface area contributed by atoms with Gasteiger partial charge in [-0.1, -0.05) is 0 Å². The third-order valence-electron chi connectivity index (χ3n) is 3.41. The molecule has 1 aromatic rings. The van der Waals surface area contributed by atoms with Crippen LogP contribution in [0.5, 0.6) is 11.5 Å². The number of ether oxygens (including phenoxy) is 2. The van der Waals surface area contributed by atoms with Gasteiger partial charge in [-0.15, -0.1) is 0 Å². The highest BCUT2D eigenvalue weighted by atomic mass is 16.5. The Kier molecular flexibility index (Phi) is 3.95. The van der Waals surface area contributed by atoms with Crippen LogP contribution in [0, 0.1) is 0 Å². The van der Waals surface area contributed by atoms with Crippen LogP contribution in [-0.2, 0) is 17.8 Å². The zero-order valence-electron chi connectivity index (χ0n) is 11.8. The van der Waals surface area contributed by atoms with E-state index in [0.29, 0.717) is 18.7 Å². The number of fused-ring (bicyclic) bond motifs is 1. The van der Waals surface area contributed by atoms with Gasteiger partial charge in [0.2, 0.25) is 5.91 Å². The van der Waals surface area contributed by atoms with Crippen molar-refractivity contribution in [3.63, 3.8) is 0 Å². The van der Waals surface area contributed by atoms with E-state index in [-0.39, 0.29) is 11.9 Å². The molecule has 1 atom stereocenters. The van der Waals surface area contributed by atoms with E-state index in [2.05, 4.69) is 5.32 Å². The van der Waals surface area contributed by atoms with Crippen molar-refractivity contribution in [3.8, 4) is 11.5 Å². The van der Waals surface area contributed by atoms with Crippen molar-refractivity contribution in [3.05, 3.63) is 23.3 Å². The van der Waals surface area contributed by atoms with Crippen molar-refractivity contribution >= 4 is 5.91 Å². The molecule has 1 N–H and O–H groups in total. The van der Waals surface area contributed by atoms with E-state index in [1.807, 2.05) is 12.1 Å². The summed E-state index contributed by atoms with van der Waals surface area (Å²) >= 11 is 0. The first-order chi connectivity index (χ1) is 9.06. The maximum Gasteiger partial charge on any atom is 0.239 e. The number of likely N-dealkylation sites (N-methyl/N-ethyl adjacent to an activating group) is 1. The summed E-state index contributed by atoms with van der Waals surface area (Å²) in [6.07, 6.45) is 0.673. The lowest BCUT2D eigenvalue weighted by atomic mass is 9.94. The summed E-state index contributed by atoms with van der Waals surface area (Å²) in [6.45, 7) is 0.667. The molecule has 19 heavy (non-hydrogen) atoms. The van der Waals surface area contributed by atoms with Crippen LogP contribution in [0.1, 0.15) is 11.1 Å². The van der Waals surface area contributed by atoms with Crippen LogP contribution in [0.25, 0.3) is 0 Å². The molecule has 0 fully saturated rings. The minimum Gasteiger partial charge on any atom is -0.493 e. The predicted molar refractivity (Wildman–Crippen MR) is 72.6 cm³/mol. The molecule has 2 rings (SSSR count). The zero-order valence-corrected chi connectivity index (χ0v) is 11.8. The second-order valence-electron chi connectivity index (χ2n) is 4.85. The lowest BCUT2D eigenvalue weighted by Gasteiger charge is -2.28. The number of methoxy groups -OCH3 is 2. The minimum atomic E-state index is -0.166. The van der Waals surface area contributed by atoms with Crippen molar-refractivity contribution in [2.24, 2.45) is 0 Å². The Morgan fingerprint density at radius 2 is 1.79 bits per heavy atom. The first-order valence-electron chi connectivity index (χ1n) is 6.25. The minimum absolute atomic E-state index is 0.0976. The Hall–Kier alpha value is -1.75. The van der Waals surface area contributed by atoms with E-state index in [1.165, 1.54) is 0 Å². The molecule has 0 unspecified atom stereocenters. The number of nitrogens with one attached hydrogen (secondary N) is 1. The van der Waals surface area contributed by atoms with E-state index < -0.39 is 0 Å². The molecule has 1 amide bonds. The van der Waals surface area contributed by atoms with Gasteiger partial charge >= 0.3 is 0 Å². The fourth-order valence-corrected chi connectivity index (χ4v) is 2.33. The van der Waals surface area contributed by atoms with Crippen molar-refractivity contribution in [1.29, 1.82) is 0 Å². The topological polar surface area (TPSA) is 50.8 Å². The van der Waals surface area contributed by atoms with E-state index in [1.54, 1.807) is 33.2 Å². The Bertz CT molecular complexity index is 486. The molecule has 0 spiro atoms. The Labute approximate surface area is 113 Å². The van der Waals surface area contributed by atoms with Gasteiger partial charge in [0.15, 0.2) is 11.5 Å². The molecule has 0 radical (unpaired) electrons. The normalized spacial score (nSPS) is 17.6. The molecule has 1 aliphatic heterocycles. The summed E-state index contributed by atoms with van der Waals surface area (Å²) in [5, 5.41) is 3.26. The Morgan fingerprint density at radius 3 is 2.32 bits per heavy atom. The fourth-order valence-electron chi connectivity index (χ4n) is 2.33. The molecular formula is C14H20N2O3. The average molecular weight is 264 g/mol. The smallest absolute Gasteiger partial charge is 0.239 e. The molecule has 0 aromatic heterocycles. The van der Waals surface area contributed by atoms with Crippen molar-refractivity contribution in [2.45, 2.75) is 19.0 Å². The van der Waals surface area contributed by atoms with Crippen LogP contribution in [0.4, 0.5) is 0 Å². The van der Waals surface area contributed by atoms with E-state index in [0.717, 1.165) is 16.9 Å². The van der Waals surface area contributed by atoms with Crippen LogP contribution in [0.2, 0.25) is 0 Å². The van der Waals surface area contributed by atoms with Gasteiger partial charge in [-0.3, -0.25) is 4.79 Å². The molecule has 0 saturated carbocycles. The Morgan fingerprint density at radius 1 is 1.21 bits per heavy atom. The van der Waals surface area contributed by atoms with Crippen molar-refractivity contribution < 1.29 is 14.3 Å². The highest BCUT2D eigenvalue weighted by Crippen LogP contribution is 2.32. The van der Waals surface area contributed by atoms with Crippen LogP contribution < -0.4 is 14.8 Å². The zero-order chi connectivity index (χ0) is 14.0. The number of hydrogen-bond donors (Lipinski definition) is 1. The fraction of sp³-hybridized carbons (Fsp3) is 0.500. The number of rotatable bonds is 3. The maximum atomic E-state index is 12.0. The van der Waals surface area contributed by atoms with Crippen LogP contribution in [-0.4, -0.2) is 45.2 Å². The molecule has 1 heterocycles. The van der Waals surface area contributed by atoms with Crippen molar-refractivity contribution in [2.75, 3.05) is 28.3 Å². The number of hydrogen-bond acceptors (Lipinski definition) is 4. The van der Waals surface area contributed by atoms with Crippen LogP contribution in [0.3, 0.4) is 0 Å². The standard InChI is InChI=1S/C14H20N2O3/c1-16(2)14(17)11-5-9-6-12(18-3)13(19-4)7-10(9)8-15-11/h6-7,11,15H,5,8H2,1-4H3/t11-/m0/s1. The molecule has 5 heteroatoms. The van der Waals surface area contributed by atoms with Gasteiger partial charge in [0.25, 0.3) is 0 Å². The molecular weight excluding hydrogens is 244 g/mol. The molecule has 1 aliphatic rings. The SMILES string of the molecule is COc1cc2c(cc1OC)C[C@@H](C(=O)N(C)C)NC2. The monoisotopic (exact) mass is 264 g/mol. The quantitative estimate of drug-likeness (QED) is 0.877. The van der Waals surface area contributed by atoms with Crippen LogP contribution in [0.15, 0.2) is 12.1 Å². The highest BCUT2D eigenvalue weighted by Gasteiger charge is 2.26. The van der Waals surface area contributed by atoms with E-state index in [4.69, 9.17) is 9.47 Å². The predicted octanol–water partition coefficient (Wildman–Crippen LogP) is 0.806. The first-order valence-corrected chi connectivity index (χ1v) is 6.25. The van der Waals surface area contributed by atoms with Crippen LogP contribution >= 0.6 is 0 Å². The van der Waals surface area contributed by atoms with E-state index in [9.17, 15) is 4.79 Å². The number of nitrogens with zero attached hydrogens (tertiary/aromatic N) is 1. The lowest BCUT2D eigenvalue weighted by Crippen LogP contribution is -2.47. The average Bonchev–Trinajstić information content (AvgIpc) is 2.44. The number of benzene rings is 1. The number of amides is 1. The Balaban J connectivity index is 2.27. The summed E-state index contributed by atoms with van der Waals surface area (Å²) < 4.78 is 10.6. The first kappa shape index (κ1) is 13.7. The van der Waals surface area contributed by atoms with Gasteiger partial charge in [-0.25, -0.2) is 0 Å². The molecule has 0 saturated heterocycles. The maximum absolute atomic E-state index is 12.0. The van der Waals surface area contributed by atoms with Gasteiger partial charge in [0.1, 0.15) is 0 Å².